The van der Waals surface area contributed by atoms with Crippen LogP contribution in [0.15, 0.2) is 18.2 Å². The van der Waals surface area contributed by atoms with Crippen LogP contribution in [0.3, 0.4) is 0 Å². The third-order valence-corrected chi connectivity index (χ3v) is 2.03. The summed E-state index contributed by atoms with van der Waals surface area (Å²) in [6.45, 7) is 4.25. The molecule has 92 valence electrons. The van der Waals surface area contributed by atoms with Gasteiger partial charge in [0.25, 0.3) is 0 Å². The molecule has 0 amide bonds. The molecule has 17 heavy (non-hydrogen) atoms. The van der Waals surface area contributed by atoms with Gasteiger partial charge in [-0.05, 0) is 24.1 Å². The van der Waals surface area contributed by atoms with Crippen LogP contribution in [0.5, 0.6) is 5.75 Å². The molecule has 0 spiro atoms. The van der Waals surface area contributed by atoms with E-state index >= 15 is 0 Å². The highest BCUT2D eigenvalue weighted by Gasteiger charge is 2.15. The van der Waals surface area contributed by atoms with Crippen molar-refractivity contribution in [2.75, 3.05) is 6.61 Å². The highest BCUT2D eigenvalue weighted by Crippen LogP contribution is 2.21. The van der Waals surface area contributed by atoms with Crippen LogP contribution in [0.2, 0.25) is 0 Å². The highest BCUT2D eigenvalue weighted by molar-refractivity contribution is 5.95. The third-order valence-electron chi connectivity index (χ3n) is 2.03. The Bertz CT molecular complexity index is 437. The fraction of sp³-hybridized carbons (Fsp3) is 0.333. The van der Waals surface area contributed by atoms with E-state index in [1.54, 1.807) is 0 Å². The Morgan fingerprint density at radius 1 is 1.24 bits per heavy atom. The Balaban J connectivity index is 3.04. The van der Waals surface area contributed by atoms with E-state index in [9.17, 15) is 9.59 Å². The molecule has 1 aromatic rings. The van der Waals surface area contributed by atoms with Gasteiger partial charge in [-0.25, -0.2) is 9.59 Å². The zero-order valence-electron chi connectivity index (χ0n) is 9.64. The van der Waals surface area contributed by atoms with Crippen LogP contribution in [0, 0.1) is 5.92 Å². The summed E-state index contributed by atoms with van der Waals surface area (Å²) in [7, 11) is 0. The topological polar surface area (TPSA) is 83.8 Å². The molecule has 0 heterocycles. The van der Waals surface area contributed by atoms with Crippen molar-refractivity contribution in [2.24, 2.45) is 5.92 Å². The molecular weight excluding hydrogens is 224 g/mol. The van der Waals surface area contributed by atoms with Crippen molar-refractivity contribution >= 4 is 11.9 Å². The second kappa shape index (κ2) is 5.34. The van der Waals surface area contributed by atoms with Gasteiger partial charge in [-0.2, -0.15) is 0 Å². The SMILES string of the molecule is CC(C)COc1ccc(C(=O)O)cc1C(=O)O. The minimum Gasteiger partial charge on any atom is -0.492 e. The fourth-order valence-electron chi connectivity index (χ4n) is 1.21. The lowest BCUT2D eigenvalue weighted by molar-refractivity contribution is 0.0691. The Labute approximate surface area is 98.6 Å². The van der Waals surface area contributed by atoms with Crippen LogP contribution >= 0.6 is 0 Å². The van der Waals surface area contributed by atoms with E-state index in [0.29, 0.717) is 6.61 Å². The van der Waals surface area contributed by atoms with Gasteiger partial charge in [0.2, 0.25) is 0 Å². The van der Waals surface area contributed by atoms with Gasteiger partial charge in [-0.15, -0.1) is 0 Å². The zero-order valence-corrected chi connectivity index (χ0v) is 9.64. The molecule has 0 unspecified atom stereocenters. The fourth-order valence-corrected chi connectivity index (χ4v) is 1.21. The largest absolute Gasteiger partial charge is 0.492 e. The Morgan fingerprint density at radius 3 is 2.35 bits per heavy atom. The van der Waals surface area contributed by atoms with Gasteiger partial charge in [0.05, 0.1) is 12.2 Å². The zero-order chi connectivity index (χ0) is 13.0. The lowest BCUT2D eigenvalue weighted by atomic mass is 10.1. The molecule has 0 aliphatic rings. The van der Waals surface area contributed by atoms with E-state index in [4.69, 9.17) is 14.9 Å². The lowest BCUT2D eigenvalue weighted by Gasteiger charge is -2.11. The van der Waals surface area contributed by atoms with Gasteiger partial charge in [0, 0.05) is 0 Å². The molecule has 0 atom stereocenters. The van der Waals surface area contributed by atoms with E-state index < -0.39 is 11.9 Å². The molecule has 0 saturated carbocycles. The molecule has 0 aliphatic carbocycles. The van der Waals surface area contributed by atoms with E-state index in [-0.39, 0.29) is 22.8 Å². The van der Waals surface area contributed by atoms with Crippen LogP contribution in [-0.2, 0) is 0 Å². The monoisotopic (exact) mass is 238 g/mol. The minimum atomic E-state index is -1.20. The lowest BCUT2D eigenvalue weighted by Crippen LogP contribution is -2.10. The number of hydrogen-bond donors (Lipinski definition) is 2. The van der Waals surface area contributed by atoms with Crippen molar-refractivity contribution in [3.8, 4) is 5.75 Å². The molecule has 5 nitrogen and oxygen atoms in total. The molecule has 0 aromatic heterocycles. The van der Waals surface area contributed by atoms with E-state index in [1.165, 1.54) is 12.1 Å². The first-order chi connectivity index (χ1) is 7.91. The maximum Gasteiger partial charge on any atom is 0.339 e. The molecule has 1 rings (SSSR count). The number of ether oxygens (including phenoxy) is 1. The molecule has 5 heteroatoms. The maximum absolute atomic E-state index is 11.0. The van der Waals surface area contributed by atoms with Crippen LogP contribution in [0.4, 0.5) is 0 Å². The molecule has 0 radical (unpaired) electrons. The average molecular weight is 238 g/mol. The quantitative estimate of drug-likeness (QED) is 0.820. The van der Waals surface area contributed by atoms with Gasteiger partial charge >= 0.3 is 11.9 Å². The number of aromatic carboxylic acids is 2. The molecule has 0 saturated heterocycles. The normalized spacial score (nSPS) is 10.3. The van der Waals surface area contributed by atoms with Crippen LogP contribution < -0.4 is 4.74 Å². The van der Waals surface area contributed by atoms with Crippen molar-refractivity contribution in [1.82, 2.24) is 0 Å². The summed E-state index contributed by atoms with van der Waals surface area (Å²) >= 11 is 0. The number of rotatable bonds is 5. The van der Waals surface area contributed by atoms with Gasteiger partial charge in [-0.3, -0.25) is 0 Å². The predicted molar refractivity (Wildman–Crippen MR) is 60.7 cm³/mol. The first kappa shape index (κ1) is 13.0. The average Bonchev–Trinajstić information content (AvgIpc) is 2.25. The number of hydrogen-bond acceptors (Lipinski definition) is 3. The molecular formula is C12H14O5. The summed E-state index contributed by atoms with van der Waals surface area (Å²) in [5, 5.41) is 17.7. The van der Waals surface area contributed by atoms with Crippen LogP contribution in [0.1, 0.15) is 34.6 Å². The van der Waals surface area contributed by atoms with Crippen molar-refractivity contribution in [3.63, 3.8) is 0 Å². The second-order valence-electron chi connectivity index (χ2n) is 4.03. The number of carboxylic acid groups (broad SMARTS) is 2. The maximum atomic E-state index is 11.0. The first-order valence-electron chi connectivity index (χ1n) is 5.15. The molecule has 2 N–H and O–H groups in total. The predicted octanol–water partition coefficient (Wildman–Crippen LogP) is 2.12. The number of benzene rings is 1. The summed E-state index contributed by atoms with van der Waals surface area (Å²) in [6.07, 6.45) is 0. The van der Waals surface area contributed by atoms with Gasteiger partial charge in [-0.1, -0.05) is 13.8 Å². The minimum absolute atomic E-state index is 0.0701. The first-order valence-corrected chi connectivity index (χ1v) is 5.15. The number of carbonyl (C=O) groups is 2. The van der Waals surface area contributed by atoms with E-state index in [2.05, 4.69) is 0 Å². The van der Waals surface area contributed by atoms with Gasteiger partial charge in [0.15, 0.2) is 0 Å². The van der Waals surface area contributed by atoms with Crippen molar-refractivity contribution in [2.45, 2.75) is 13.8 Å². The summed E-state index contributed by atoms with van der Waals surface area (Å²) in [5.41, 5.74) is -0.204. The van der Waals surface area contributed by atoms with Crippen molar-refractivity contribution in [3.05, 3.63) is 29.3 Å². The highest BCUT2D eigenvalue weighted by atomic mass is 16.5. The second-order valence-corrected chi connectivity index (χ2v) is 4.03. The number of carboxylic acids is 2. The van der Waals surface area contributed by atoms with Gasteiger partial charge in [0.1, 0.15) is 11.3 Å². The third kappa shape index (κ3) is 3.48. The standard InChI is InChI=1S/C12H14O5/c1-7(2)6-17-10-4-3-8(11(13)14)5-9(10)12(15)16/h3-5,7H,6H2,1-2H3,(H,13,14)(H,15,16). The van der Waals surface area contributed by atoms with E-state index in [1.807, 2.05) is 13.8 Å². The van der Waals surface area contributed by atoms with Crippen molar-refractivity contribution in [1.29, 1.82) is 0 Å². The molecule has 0 fully saturated rings. The summed E-state index contributed by atoms with van der Waals surface area (Å²) in [5.74, 6) is -1.92. The van der Waals surface area contributed by atoms with Crippen LogP contribution in [-0.4, -0.2) is 28.8 Å². The Hall–Kier alpha value is -2.04. The molecule has 0 bridgehead atoms. The van der Waals surface area contributed by atoms with Crippen LogP contribution in [0.25, 0.3) is 0 Å². The summed E-state index contributed by atoms with van der Waals surface area (Å²) in [6, 6.07) is 3.79. The Morgan fingerprint density at radius 2 is 1.88 bits per heavy atom. The summed E-state index contributed by atoms with van der Waals surface area (Å²) in [4.78, 5) is 21.7. The summed E-state index contributed by atoms with van der Waals surface area (Å²) < 4.78 is 5.32. The Kier molecular flexibility index (Phi) is 4.09. The van der Waals surface area contributed by atoms with E-state index in [0.717, 1.165) is 6.07 Å². The molecule has 1 aromatic carbocycles. The van der Waals surface area contributed by atoms with Crippen molar-refractivity contribution < 1.29 is 24.5 Å². The molecule has 0 aliphatic heterocycles. The smallest absolute Gasteiger partial charge is 0.339 e. The van der Waals surface area contributed by atoms with Gasteiger partial charge < -0.3 is 14.9 Å².